The summed E-state index contributed by atoms with van der Waals surface area (Å²) in [4.78, 5) is 0. The van der Waals surface area contributed by atoms with E-state index in [1.54, 1.807) is 0 Å². The first-order valence-corrected chi connectivity index (χ1v) is 5.13. The van der Waals surface area contributed by atoms with Gasteiger partial charge in [-0.25, -0.2) is 4.39 Å². The van der Waals surface area contributed by atoms with Gasteiger partial charge in [-0.05, 0) is 38.5 Å². The molecule has 0 unspecified atom stereocenters. The van der Waals surface area contributed by atoms with Crippen LogP contribution >= 0.6 is 11.6 Å². The lowest BCUT2D eigenvalue weighted by Gasteiger charge is -2.18. The maximum atomic E-state index is 12.7. The van der Waals surface area contributed by atoms with E-state index in [1.165, 1.54) is 18.2 Å². The molecule has 0 amide bonds. The first kappa shape index (κ1) is 12.3. The van der Waals surface area contributed by atoms with Gasteiger partial charge in [-0.2, -0.15) is 0 Å². The quantitative estimate of drug-likeness (QED) is 0.865. The van der Waals surface area contributed by atoms with Crippen molar-refractivity contribution in [3.8, 4) is 5.75 Å². The van der Waals surface area contributed by atoms with Crippen LogP contribution in [0.3, 0.4) is 0 Å². The Morgan fingerprint density at radius 1 is 1.47 bits per heavy atom. The summed E-state index contributed by atoms with van der Waals surface area (Å²) in [5, 5.41) is 0.282. The lowest BCUT2D eigenvalue weighted by Crippen LogP contribution is -2.33. The van der Waals surface area contributed by atoms with Crippen molar-refractivity contribution in [1.29, 1.82) is 0 Å². The number of hydrogen-bond acceptors (Lipinski definition) is 2. The van der Waals surface area contributed by atoms with Gasteiger partial charge in [-0.15, -0.1) is 0 Å². The van der Waals surface area contributed by atoms with E-state index in [0.29, 0.717) is 18.8 Å². The summed E-state index contributed by atoms with van der Waals surface area (Å²) in [6, 6.07) is 4.06. The van der Waals surface area contributed by atoms with Gasteiger partial charge in [0.1, 0.15) is 11.6 Å². The lowest BCUT2D eigenvalue weighted by molar-refractivity contribution is 0.274. The second kappa shape index (κ2) is 4.81. The van der Waals surface area contributed by atoms with Crippen molar-refractivity contribution in [1.82, 2.24) is 0 Å². The molecule has 0 heterocycles. The molecule has 0 aliphatic carbocycles. The third-order valence-corrected chi connectivity index (χ3v) is 2.19. The molecule has 2 nitrogen and oxygen atoms in total. The number of hydrogen-bond donors (Lipinski definition) is 1. The predicted molar refractivity (Wildman–Crippen MR) is 59.8 cm³/mol. The monoisotopic (exact) mass is 231 g/mol. The third-order valence-electron chi connectivity index (χ3n) is 1.90. The average Bonchev–Trinajstić information content (AvgIpc) is 2.07. The van der Waals surface area contributed by atoms with Gasteiger partial charge in [-0.3, -0.25) is 0 Å². The van der Waals surface area contributed by atoms with Crippen molar-refractivity contribution in [2.45, 2.75) is 25.8 Å². The zero-order valence-electron chi connectivity index (χ0n) is 8.89. The molecule has 15 heavy (non-hydrogen) atoms. The largest absolute Gasteiger partial charge is 0.492 e. The summed E-state index contributed by atoms with van der Waals surface area (Å²) in [6.45, 7) is 4.31. The molecule has 0 aromatic heterocycles. The number of rotatable bonds is 4. The van der Waals surface area contributed by atoms with E-state index >= 15 is 0 Å². The van der Waals surface area contributed by atoms with E-state index in [4.69, 9.17) is 22.1 Å². The van der Waals surface area contributed by atoms with Crippen molar-refractivity contribution in [2.24, 2.45) is 5.73 Å². The molecule has 0 atom stereocenters. The average molecular weight is 232 g/mol. The summed E-state index contributed by atoms with van der Waals surface area (Å²) in [5.74, 6) is 0.119. The molecule has 0 fully saturated rings. The minimum absolute atomic E-state index is 0.271. The van der Waals surface area contributed by atoms with Crippen LogP contribution in [0, 0.1) is 5.82 Å². The molecule has 0 radical (unpaired) electrons. The van der Waals surface area contributed by atoms with Gasteiger partial charge in [0, 0.05) is 5.54 Å². The van der Waals surface area contributed by atoms with Crippen LogP contribution in [-0.4, -0.2) is 12.1 Å². The van der Waals surface area contributed by atoms with E-state index in [-0.39, 0.29) is 16.4 Å². The maximum absolute atomic E-state index is 12.7. The van der Waals surface area contributed by atoms with Crippen LogP contribution in [0.1, 0.15) is 20.3 Å². The highest BCUT2D eigenvalue weighted by atomic mass is 35.5. The summed E-state index contributed by atoms with van der Waals surface area (Å²) in [7, 11) is 0. The van der Waals surface area contributed by atoms with Crippen LogP contribution in [0.5, 0.6) is 5.75 Å². The van der Waals surface area contributed by atoms with Crippen LogP contribution in [0.25, 0.3) is 0 Å². The van der Waals surface area contributed by atoms with Gasteiger partial charge in [-0.1, -0.05) is 11.6 Å². The molecule has 0 aliphatic rings. The van der Waals surface area contributed by atoms with E-state index in [9.17, 15) is 4.39 Å². The topological polar surface area (TPSA) is 35.2 Å². The first-order valence-electron chi connectivity index (χ1n) is 4.75. The van der Waals surface area contributed by atoms with E-state index in [2.05, 4.69) is 0 Å². The normalized spacial score (nSPS) is 11.5. The smallest absolute Gasteiger partial charge is 0.138 e. The molecule has 4 heteroatoms. The molecule has 1 rings (SSSR count). The van der Waals surface area contributed by atoms with Crippen molar-refractivity contribution in [2.75, 3.05) is 6.61 Å². The molecular weight excluding hydrogens is 217 g/mol. The SMILES string of the molecule is CC(C)(N)CCOc1ccc(F)cc1Cl. The molecule has 0 spiro atoms. The molecule has 1 aromatic carbocycles. The van der Waals surface area contributed by atoms with Gasteiger partial charge < -0.3 is 10.5 Å². The van der Waals surface area contributed by atoms with Gasteiger partial charge in [0.2, 0.25) is 0 Å². The Morgan fingerprint density at radius 2 is 2.13 bits per heavy atom. The molecule has 0 saturated heterocycles. The Labute approximate surface area is 94.2 Å². The van der Waals surface area contributed by atoms with Gasteiger partial charge >= 0.3 is 0 Å². The Hall–Kier alpha value is -0.800. The predicted octanol–water partition coefficient (Wildman–Crippen LogP) is 2.99. The lowest BCUT2D eigenvalue weighted by atomic mass is 10.0. The van der Waals surface area contributed by atoms with Crippen LogP contribution in [0.4, 0.5) is 4.39 Å². The Morgan fingerprint density at radius 3 is 2.67 bits per heavy atom. The van der Waals surface area contributed by atoms with Crippen molar-refractivity contribution >= 4 is 11.6 Å². The minimum atomic E-state index is -0.369. The number of nitrogens with two attached hydrogens (primary N) is 1. The summed E-state index contributed by atoms with van der Waals surface area (Å²) in [6.07, 6.45) is 0.709. The number of halogens is 2. The third kappa shape index (κ3) is 4.49. The van der Waals surface area contributed by atoms with Gasteiger partial charge in [0.25, 0.3) is 0 Å². The second-order valence-corrected chi connectivity index (χ2v) is 4.57. The standard InChI is InChI=1S/C11H15ClFNO/c1-11(2,14)5-6-15-10-4-3-8(13)7-9(10)12/h3-4,7H,5-6,14H2,1-2H3. The van der Waals surface area contributed by atoms with Crippen molar-refractivity contribution in [3.63, 3.8) is 0 Å². The fraction of sp³-hybridized carbons (Fsp3) is 0.455. The van der Waals surface area contributed by atoms with E-state index in [1.807, 2.05) is 13.8 Å². The first-order chi connectivity index (χ1) is 6.88. The summed E-state index contributed by atoms with van der Waals surface area (Å²) >= 11 is 5.78. The molecular formula is C11H15ClFNO. The van der Waals surface area contributed by atoms with Crippen LogP contribution in [-0.2, 0) is 0 Å². The molecule has 84 valence electrons. The van der Waals surface area contributed by atoms with Gasteiger partial charge in [0.15, 0.2) is 0 Å². The van der Waals surface area contributed by atoms with Crippen LogP contribution in [0.15, 0.2) is 18.2 Å². The highest BCUT2D eigenvalue weighted by molar-refractivity contribution is 6.32. The molecule has 0 bridgehead atoms. The molecule has 0 saturated carbocycles. The van der Waals surface area contributed by atoms with E-state index < -0.39 is 0 Å². The zero-order valence-corrected chi connectivity index (χ0v) is 9.64. The number of ether oxygens (including phenoxy) is 1. The molecule has 2 N–H and O–H groups in total. The highest BCUT2D eigenvalue weighted by Crippen LogP contribution is 2.25. The summed E-state index contributed by atoms with van der Waals surface area (Å²) in [5.41, 5.74) is 5.52. The Balaban J connectivity index is 2.51. The maximum Gasteiger partial charge on any atom is 0.138 e. The number of benzene rings is 1. The molecule has 0 aliphatic heterocycles. The van der Waals surface area contributed by atoms with E-state index in [0.717, 1.165) is 0 Å². The Bertz CT molecular complexity index is 336. The minimum Gasteiger partial charge on any atom is -0.492 e. The van der Waals surface area contributed by atoms with Crippen molar-refractivity contribution < 1.29 is 9.13 Å². The van der Waals surface area contributed by atoms with Crippen molar-refractivity contribution in [3.05, 3.63) is 29.0 Å². The highest BCUT2D eigenvalue weighted by Gasteiger charge is 2.11. The zero-order chi connectivity index (χ0) is 11.5. The van der Waals surface area contributed by atoms with Crippen LogP contribution < -0.4 is 10.5 Å². The van der Waals surface area contributed by atoms with Crippen LogP contribution in [0.2, 0.25) is 5.02 Å². The fourth-order valence-corrected chi connectivity index (χ4v) is 1.24. The molecule has 1 aromatic rings. The fourth-order valence-electron chi connectivity index (χ4n) is 1.02. The summed E-state index contributed by atoms with van der Waals surface area (Å²) < 4.78 is 18.1. The van der Waals surface area contributed by atoms with Gasteiger partial charge in [0.05, 0.1) is 11.6 Å². The second-order valence-electron chi connectivity index (χ2n) is 4.16. The Kier molecular flexibility index (Phi) is 3.94.